The molecule has 0 unspecified atom stereocenters. The summed E-state index contributed by atoms with van der Waals surface area (Å²) in [5.41, 5.74) is 0.879. The van der Waals surface area contributed by atoms with Crippen LogP contribution >= 0.6 is 11.3 Å². The standard InChI is InChI=1S/C12H18N2O3S/c1-6(2)5-13-12(17)14-10-9(11(15)16)7(3)8(4)18-10/h6H,5H2,1-4H3,(H,15,16)(H2,13,14,17). The van der Waals surface area contributed by atoms with Crippen molar-refractivity contribution in [3.05, 3.63) is 16.0 Å². The molecule has 1 aromatic rings. The van der Waals surface area contributed by atoms with Gasteiger partial charge in [0.15, 0.2) is 0 Å². The smallest absolute Gasteiger partial charge is 0.338 e. The molecule has 0 aliphatic carbocycles. The van der Waals surface area contributed by atoms with Crippen molar-refractivity contribution in [3.63, 3.8) is 0 Å². The third-order valence-electron chi connectivity index (χ3n) is 2.50. The van der Waals surface area contributed by atoms with Crippen LogP contribution in [0.2, 0.25) is 0 Å². The third-order valence-corrected chi connectivity index (χ3v) is 3.62. The van der Waals surface area contributed by atoms with Gasteiger partial charge < -0.3 is 10.4 Å². The number of amides is 2. The average Bonchev–Trinajstić information content (AvgIpc) is 2.51. The molecule has 0 fully saturated rings. The third kappa shape index (κ3) is 3.46. The Balaban J connectivity index is 2.81. The maximum atomic E-state index is 11.6. The van der Waals surface area contributed by atoms with Gasteiger partial charge in [0.25, 0.3) is 0 Å². The fraction of sp³-hybridized carbons (Fsp3) is 0.500. The van der Waals surface area contributed by atoms with Crippen LogP contribution in [0.25, 0.3) is 0 Å². The Bertz CT molecular complexity index is 466. The number of carbonyl (C=O) groups excluding carboxylic acids is 1. The molecule has 0 aliphatic rings. The molecule has 18 heavy (non-hydrogen) atoms. The van der Waals surface area contributed by atoms with Gasteiger partial charge in [-0.25, -0.2) is 9.59 Å². The predicted octanol–water partition coefficient (Wildman–Crippen LogP) is 2.84. The first-order chi connectivity index (χ1) is 8.32. The topological polar surface area (TPSA) is 78.4 Å². The number of hydrogen-bond donors (Lipinski definition) is 3. The van der Waals surface area contributed by atoms with Gasteiger partial charge in [0, 0.05) is 11.4 Å². The van der Waals surface area contributed by atoms with E-state index in [1.165, 1.54) is 11.3 Å². The van der Waals surface area contributed by atoms with E-state index < -0.39 is 5.97 Å². The number of nitrogens with one attached hydrogen (secondary N) is 2. The van der Waals surface area contributed by atoms with Crippen LogP contribution in [0.4, 0.5) is 9.80 Å². The molecule has 1 rings (SSSR count). The van der Waals surface area contributed by atoms with Gasteiger partial charge in [-0.05, 0) is 25.3 Å². The van der Waals surface area contributed by atoms with Crippen LogP contribution in [-0.4, -0.2) is 23.7 Å². The molecule has 0 atom stereocenters. The summed E-state index contributed by atoms with van der Waals surface area (Å²) in [5, 5.41) is 14.8. The fourth-order valence-corrected chi connectivity index (χ4v) is 2.46. The number of aromatic carboxylic acids is 1. The molecule has 0 saturated heterocycles. The predicted molar refractivity (Wildman–Crippen MR) is 72.6 cm³/mol. The molecule has 5 nitrogen and oxygen atoms in total. The number of anilines is 1. The number of carboxylic acid groups (broad SMARTS) is 1. The number of urea groups is 1. The molecule has 0 spiro atoms. The molecular weight excluding hydrogens is 252 g/mol. The van der Waals surface area contributed by atoms with Gasteiger partial charge in [-0.15, -0.1) is 11.3 Å². The molecule has 1 heterocycles. The average molecular weight is 270 g/mol. The van der Waals surface area contributed by atoms with E-state index in [1.54, 1.807) is 6.92 Å². The van der Waals surface area contributed by atoms with E-state index >= 15 is 0 Å². The van der Waals surface area contributed by atoms with Gasteiger partial charge in [0.2, 0.25) is 0 Å². The highest BCUT2D eigenvalue weighted by molar-refractivity contribution is 7.16. The summed E-state index contributed by atoms with van der Waals surface area (Å²) >= 11 is 1.28. The lowest BCUT2D eigenvalue weighted by Gasteiger charge is -2.08. The lowest BCUT2D eigenvalue weighted by Crippen LogP contribution is -2.31. The summed E-state index contributed by atoms with van der Waals surface area (Å²) in [6, 6.07) is -0.368. The Morgan fingerprint density at radius 1 is 1.33 bits per heavy atom. The second kappa shape index (κ2) is 5.86. The SMILES string of the molecule is Cc1sc(NC(=O)NCC(C)C)c(C(=O)O)c1C. The van der Waals surface area contributed by atoms with E-state index in [2.05, 4.69) is 10.6 Å². The van der Waals surface area contributed by atoms with Crippen molar-refractivity contribution in [2.75, 3.05) is 11.9 Å². The first-order valence-electron chi connectivity index (χ1n) is 5.71. The molecule has 6 heteroatoms. The van der Waals surface area contributed by atoms with E-state index in [9.17, 15) is 9.59 Å². The summed E-state index contributed by atoms with van der Waals surface area (Å²) < 4.78 is 0. The zero-order valence-corrected chi connectivity index (χ0v) is 11.8. The van der Waals surface area contributed by atoms with Crippen molar-refractivity contribution >= 4 is 28.3 Å². The highest BCUT2D eigenvalue weighted by atomic mass is 32.1. The van der Waals surface area contributed by atoms with Gasteiger partial charge in [-0.2, -0.15) is 0 Å². The number of hydrogen-bond acceptors (Lipinski definition) is 3. The summed E-state index contributed by atoms with van der Waals surface area (Å²) in [7, 11) is 0. The molecule has 0 bridgehead atoms. The van der Waals surface area contributed by atoms with Gasteiger partial charge in [-0.3, -0.25) is 5.32 Å². The number of carbonyl (C=O) groups is 2. The minimum atomic E-state index is -1.02. The zero-order chi connectivity index (χ0) is 13.9. The largest absolute Gasteiger partial charge is 0.478 e. The second-order valence-electron chi connectivity index (χ2n) is 4.52. The van der Waals surface area contributed by atoms with Crippen LogP contribution in [0, 0.1) is 19.8 Å². The molecular formula is C12H18N2O3S. The number of aryl methyl sites for hydroxylation is 1. The van der Waals surface area contributed by atoms with Crippen molar-refractivity contribution in [1.82, 2.24) is 5.32 Å². The number of carboxylic acids is 1. The van der Waals surface area contributed by atoms with Crippen LogP contribution in [0.3, 0.4) is 0 Å². The molecule has 100 valence electrons. The Labute approximate surface area is 110 Å². The molecule has 2 amide bonds. The van der Waals surface area contributed by atoms with Gasteiger partial charge in [-0.1, -0.05) is 13.8 Å². The summed E-state index contributed by atoms with van der Waals surface area (Å²) in [4.78, 5) is 23.6. The molecule has 1 aromatic heterocycles. The summed E-state index contributed by atoms with van der Waals surface area (Å²) in [6.45, 7) is 8.11. The number of thiophene rings is 1. The monoisotopic (exact) mass is 270 g/mol. The molecule has 3 N–H and O–H groups in total. The van der Waals surface area contributed by atoms with Crippen molar-refractivity contribution < 1.29 is 14.7 Å². The molecule has 0 saturated carbocycles. The van der Waals surface area contributed by atoms with Gasteiger partial charge in [0.1, 0.15) is 5.00 Å². The lowest BCUT2D eigenvalue weighted by atomic mass is 10.1. The first-order valence-corrected chi connectivity index (χ1v) is 6.52. The van der Waals surface area contributed by atoms with E-state index in [1.807, 2.05) is 20.8 Å². The van der Waals surface area contributed by atoms with E-state index in [0.717, 1.165) is 4.88 Å². The van der Waals surface area contributed by atoms with Gasteiger partial charge >= 0.3 is 12.0 Å². The normalized spacial score (nSPS) is 10.5. The van der Waals surface area contributed by atoms with Crippen LogP contribution in [0.15, 0.2) is 0 Å². The fourth-order valence-electron chi connectivity index (χ4n) is 1.42. The van der Waals surface area contributed by atoms with Crippen LogP contribution < -0.4 is 10.6 Å². The number of rotatable bonds is 4. The quantitative estimate of drug-likeness (QED) is 0.787. The molecule has 0 aromatic carbocycles. The van der Waals surface area contributed by atoms with Gasteiger partial charge in [0.05, 0.1) is 5.56 Å². The lowest BCUT2D eigenvalue weighted by molar-refractivity contribution is 0.0697. The highest BCUT2D eigenvalue weighted by Gasteiger charge is 2.20. The Kier molecular flexibility index (Phi) is 4.72. The van der Waals surface area contributed by atoms with Crippen molar-refractivity contribution in [1.29, 1.82) is 0 Å². The summed E-state index contributed by atoms with van der Waals surface area (Å²) in [6.07, 6.45) is 0. The van der Waals surface area contributed by atoms with Crippen LogP contribution in [-0.2, 0) is 0 Å². The van der Waals surface area contributed by atoms with Crippen molar-refractivity contribution in [3.8, 4) is 0 Å². The molecule has 0 aliphatic heterocycles. The zero-order valence-electron chi connectivity index (χ0n) is 11.0. The summed E-state index contributed by atoms with van der Waals surface area (Å²) in [5.74, 6) is -0.669. The maximum absolute atomic E-state index is 11.6. The van der Waals surface area contributed by atoms with Crippen LogP contribution in [0.1, 0.15) is 34.6 Å². The first kappa shape index (κ1) is 14.5. The van der Waals surface area contributed by atoms with Crippen molar-refractivity contribution in [2.24, 2.45) is 5.92 Å². The maximum Gasteiger partial charge on any atom is 0.338 e. The minimum absolute atomic E-state index is 0.178. The van der Waals surface area contributed by atoms with Crippen LogP contribution in [0.5, 0.6) is 0 Å². The van der Waals surface area contributed by atoms with E-state index in [-0.39, 0.29) is 11.6 Å². The van der Waals surface area contributed by atoms with Crippen molar-refractivity contribution in [2.45, 2.75) is 27.7 Å². The Morgan fingerprint density at radius 2 is 1.94 bits per heavy atom. The Morgan fingerprint density at radius 3 is 2.44 bits per heavy atom. The highest BCUT2D eigenvalue weighted by Crippen LogP contribution is 2.32. The second-order valence-corrected chi connectivity index (χ2v) is 5.75. The van der Waals surface area contributed by atoms with E-state index in [4.69, 9.17) is 5.11 Å². The van der Waals surface area contributed by atoms with E-state index in [0.29, 0.717) is 23.0 Å². The molecule has 0 radical (unpaired) electrons. The minimum Gasteiger partial charge on any atom is -0.478 e. The Hall–Kier alpha value is -1.56.